The van der Waals surface area contributed by atoms with Crippen molar-refractivity contribution in [2.45, 2.75) is 19.8 Å². The van der Waals surface area contributed by atoms with Crippen molar-refractivity contribution in [1.82, 2.24) is 4.90 Å². The van der Waals surface area contributed by atoms with Gasteiger partial charge in [-0.25, -0.2) is 4.39 Å². The Morgan fingerprint density at radius 2 is 2.26 bits per heavy atom. The molecule has 1 fully saturated rings. The first-order valence-corrected chi connectivity index (χ1v) is 8.01. The smallest absolute Gasteiger partial charge is 0.310 e. The third-order valence-corrected chi connectivity index (χ3v) is 3.99. The van der Waals surface area contributed by atoms with E-state index in [4.69, 9.17) is 16.3 Å². The fourth-order valence-corrected chi connectivity index (χ4v) is 2.81. The van der Waals surface area contributed by atoms with Crippen molar-refractivity contribution in [3.63, 3.8) is 0 Å². The Balaban J connectivity index is 1.86. The molecule has 126 valence electrons. The predicted octanol–water partition coefficient (Wildman–Crippen LogP) is 2.69. The first-order valence-electron chi connectivity index (χ1n) is 7.63. The maximum atomic E-state index is 13.1. The van der Waals surface area contributed by atoms with Gasteiger partial charge in [0.2, 0.25) is 5.91 Å². The molecule has 0 bridgehead atoms. The lowest BCUT2D eigenvalue weighted by Crippen LogP contribution is -2.43. The van der Waals surface area contributed by atoms with Crippen LogP contribution in [0.15, 0.2) is 18.2 Å². The number of rotatable bonds is 5. The van der Waals surface area contributed by atoms with E-state index >= 15 is 0 Å². The van der Waals surface area contributed by atoms with Crippen LogP contribution in [0.4, 0.5) is 10.1 Å². The fourth-order valence-electron chi connectivity index (χ4n) is 2.63. The number of nitrogens with zero attached hydrogens (tertiary/aromatic N) is 1. The second-order valence-corrected chi connectivity index (χ2v) is 5.91. The largest absolute Gasteiger partial charge is 0.466 e. The van der Waals surface area contributed by atoms with Gasteiger partial charge in [-0.05, 0) is 44.5 Å². The quantitative estimate of drug-likeness (QED) is 0.836. The molecule has 1 aromatic rings. The number of benzene rings is 1. The Hall–Kier alpha value is -1.66. The molecule has 5 nitrogen and oxygen atoms in total. The highest BCUT2D eigenvalue weighted by atomic mass is 35.5. The van der Waals surface area contributed by atoms with Crippen molar-refractivity contribution in [2.75, 3.05) is 31.6 Å². The van der Waals surface area contributed by atoms with Gasteiger partial charge in [0.25, 0.3) is 0 Å². The minimum absolute atomic E-state index is 0.0388. The molecule has 1 aliphatic heterocycles. The molecule has 1 amide bonds. The molecule has 0 spiro atoms. The van der Waals surface area contributed by atoms with Gasteiger partial charge in [-0.15, -0.1) is 0 Å². The van der Waals surface area contributed by atoms with Crippen molar-refractivity contribution >= 4 is 29.2 Å². The number of anilines is 1. The topological polar surface area (TPSA) is 58.6 Å². The molecule has 2 rings (SSSR count). The minimum atomic E-state index is -0.530. The maximum absolute atomic E-state index is 13.1. The maximum Gasteiger partial charge on any atom is 0.310 e. The summed E-state index contributed by atoms with van der Waals surface area (Å²) in [6.45, 7) is 3.58. The van der Waals surface area contributed by atoms with Gasteiger partial charge in [0.1, 0.15) is 5.82 Å². The van der Waals surface area contributed by atoms with Crippen LogP contribution < -0.4 is 5.32 Å². The van der Waals surface area contributed by atoms with Crippen LogP contribution in [0.5, 0.6) is 0 Å². The molecule has 23 heavy (non-hydrogen) atoms. The third kappa shape index (κ3) is 5.18. The normalized spacial score (nSPS) is 18.5. The number of piperidine rings is 1. The summed E-state index contributed by atoms with van der Waals surface area (Å²) in [5.74, 6) is -1.14. The average molecular weight is 343 g/mol. The van der Waals surface area contributed by atoms with Crippen molar-refractivity contribution < 1.29 is 18.7 Å². The van der Waals surface area contributed by atoms with E-state index in [0.29, 0.717) is 18.8 Å². The number of hydrogen-bond acceptors (Lipinski definition) is 4. The summed E-state index contributed by atoms with van der Waals surface area (Å²) in [7, 11) is 0. The predicted molar refractivity (Wildman–Crippen MR) is 85.8 cm³/mol. The summed E-state index contributed by atoms with van der Waals surface area (Å²) < 4.78 is 18.1. The summed E-state index contributed by atoms with van der Waals surface area (Å²) in [5, 5.41) is 2.64. The number of esters is 1. The van der Waals surface area contributed by atoms with Crippen molar-refractivity contribution in [3.05, 3.63) is 29.0 Å². The monoisotopic (exact) mass is 342 g/mol. The number of ether oxygens (including phenoxy) is 1. The lowest BCUT2D eigenvalue weighted by molar-refractivity contribution is -0.150. The summed E-state index contributed by atoms with van der Waals surface area (Å²) >= 11 is 5.68. The summed E-state index contributed by atoms with van der Waals surface area (Å²) in [5.41, 5.74) is 0.445. The second kappa shape index (κ2) is 8.26. The molecule has 1 aromatic carbocycles. The van der Waals surface area contributed by atoms with Gasteiger partial charge in [-0.2, -0.15) is 0 Å². The standard InChI is InChI=1S/C16H20ClFN2O3/c1-2-23-16(22)11-4-3-7-20(9-11)10-15(21)19-12-5-6-14(18)13(17)8-12/h5-6,8,11H,2-4,7,9-10H2,1H3,(H,19,21)/t11-/m0/s1. The SMILES string of the molecule is CCOC(=O)[C@H]1CCCN(CC(=O)Nc2ccc(F)c(Cl)c2)C1. The Morgan fingerprint density at radius 3 is 2.96 bits per heavy atom. The Morgan fingerprint density at radius 1 is 1.48 bits per heavy atom. The van der Waals surface area contributed by atoms with Gasteiger partial charge in [0.15, 0.2) is 0 Å². The molecule has 0 aromatic heterocycles. The van der Waals surface area contributed by atoms with Gasteiger partial charge in [-0.3, -0.25) is 14.5 Å². The number of carbonyl (C=O) groups excluding carboxylic acids is 2. The van der Waals surface area contributed by atoms with Crippen LogP contribution >= 0.6 is 11.6 Å². The van der Waals surface area contributed by atoms with Gasteiger partial charge < -0.3 is 10.1 Å². The lowest BCUT2D eigenvalue weighted by atomic mass is 9.98. The summed E-state index contributed by atoms with van der Waals surface area (Å²) in [4.78, 5) is 25.8. The van der Waals surface area contributed by atoms with Crippen molar-refractivity contribution in [1.29, 1.82) is 0 Å². The molecule has 0 unspecified atom stereocenters. The third-order valence-electron chi connectivity index (χ3n) is 3.70. The molecule has 0 aliphatic carbocycles. The van der Waals surface area contributed by atoms with Crippen LogP contribution in [0, 0.1) is 11.7 Å². The van der Waals surface area contributed by atoms with E-state index in [2.05, 4.69) is 5.32 Å². The lowest BCUT2D eigenvalue weighted by Gasteiger charge is -2.30. The first kappa shape index (κ1) is 17.7. The number of likely N-dealkylation sites (tertiary alicyclic amines) is 1. The molecule has 0 radical (unpaired) electrons. The van der Waals surface area contributed by atoms with Crippen molar-refractivity contribution in [2.24, 2.45) is 5.92 Å². The highest BCUT2D eigenvalue weighted by Crippen LogP contribution is 2.20. The van der Waals surface area contributed by atoms with Gasteiger partial charge in [0.05, 0.1) is 24.1 Å². The van der Waals surface area contributed by atoms with E-state index in [1.807, 2.05) is 4.90 Å². The van der Waals surface area contributed by atoms with Crippen LogP contribution in [-0.2, 0) is 14.3 Å². The van der Waals surface area contributed by atoms with E-state index in [9.17, 15) is 14.0 Å². The van der Waals surface area contributed by atoms with Crippen LogP contribution in [-0.4, -0.2) is 43.0 Å². The molecule has 1 aliphatic rings. The zero-order valence-electron chi connectivity index (χ0n) is 13.0. The molecular formula is C16H20ClFN2O3. The zero-order valence-corrected chi connectivity index (χ0v) is 13.7. The number of carbonyl (C=O) groups is 2. The van der Waals surface area contributed by atoms with Crippen LogP contribution in [0.1, 0.15) is 19.8 Å². The molecular weight excluding hydrogens is 323 g/mol. The summed E-state index contributed by atoms with van der Waals surface area (Å²) in [6, 6.07) is 4.03. The van der Waals surface area contributed by atoms with Gasteiger partial charge in [0, 0.05) is 12.2 Å². The summed E-state index contributed by atoms with van der Waals surface area (Å²) in [6.07, 6.45) is 1.63. The minimum Gasteiger partial charge on any atom is -0.466 e. The van der Waals surface area contributed by atoms with E-state index in [1.54, 1.807) is 6.92 Å². The Kier molecular flexibility index (Phi) is 6.36. The Labute approximate surface area is 139 Å². The number of amides is 1. The number of halogens is 2. The highest BCUT2D eigenvalue weighted by Gasteiger charge is 2.27. The second-order valence-electron chi connectivity index (χ2n) is 5.50. The van der Waals surface area contributed by atoms with Crippen molar-refractivity contribution in [3.8, 4) is 0 Å². The molecule has 0 saturated carbocycles. The van der Waals surface area contributed by atoms with E-state index < -0.39 is 5.82 Å². The molecule has 1 saturated heterocycles. The number of nitrogens with one attached hydrogen (secondary N) is 1. The van der Waals surface area contributed by atoms with Gasteiger partial charge >= 0.3 is 5.97 Å². The van der Waals surface area contributed by atoms with Crippen LogP contribution in [0.3, 0.4) is 0 Å². The van der Waals surface area contributed by atoms with E-state index in [0.717, 1.165) is 19.4 Å². The highest BCUT2D eigenvalue weighted by molar-refractivity contribution is 6.31. The molecule has 1 heterocycles. The molecule has 1 N–H and O–H groups in total. The first-order chi connectivity index (χ1) is 11.0. The number of hydrogen-bond donors (Lipinski definition) is 1. The molecule has 7 heteroatoms. The van der Waals surface area contributed by atoms with Gasteiger partial charge in [-0.1, -0.05) is 11.6 Å². The Bertz CT molecular complexity index is 582. The van der Waals surface area contributed by atoms with Crippen LogP contribution in [0.25, 0.3) is 0 Å². The van der Waals surface area contributed by atoms with E-state index in [-0.39, 0.29) is 29.4 Å². The molecule has 1 atom stereocenters. The average Bonchev–Trinajstić information content (AvgIpc) is 2.51. The van der Waals surface area contributed by atoms with Crippen LogP contribution in [0.2, 0.25) is 5.02 Å². The fraction of sp³-hybridized carbons (Fsp3) is 0.500. The van der Waals surface area contributed by atoms with E-state index in [1.165, 1.54) is 18.2 Å². The zero-order chi connectivity index (χ0) is 16.8.